The lowest BCUT2D eigenvalue weighted by molar-refractivity contribution is 0.251. The highest BCUT2D eigenvalue weighted by Gasteiger charge is 2.05. The van der Waals surface area contributed by atoms with Gasteiger partial charge in [-0.2, -0.15) is 0 Å². The number of pyridine rings is 1. The number of benzene rings is 1. The molecule has 21 heavy (non-hydrogen) atoms. The van der Waals surface area contributed by atoms with Crippen LogP contribution in [-0.2, 0) is 6.54 Å². The van der Waals surface area contributed by atoms with Gasteiger partial charge >= 0.3 is 6.03 Å². The first-order valence-electron chi connectivity index (χ1n) is 6.86. The third-order valence-corrected chi connectivity index (χ3v) is 3.26. The van der Waals surface area contributed by atoms with Crippen LogP contribution in [0.15, 0.2) is 42.7 Å². The maximum absolute atomic E-state index is 11.9. The zero-order valence-corrected chi connectivity index (χ0v) is 12.3. The summed E-state index contributed by atoms with van der Waals surface area (Å²) in [5.74, 6) is 0. The van der Waals surface area contributed by atoms with E-state index in [9.17, 15) is 4.79 Å². The van der Waals surface area contributed by atoms with E-state index in [1.165, 1.54) is 0 Å². The smallest absolute Gasteiger partial charge is 0.319 e. The lowest BCUT2D eigenvalue weighted by Crippen LogP contribution is -2.28. The molecule has 110 valence electrons. The molecular weight excluding hydrogens is 264 g/mol. The van der Waals surface area contributed by atoms with Crippen molar-refractivity contribution in [2.24, 2.45) is 5.73 Å². The van der Waals surface area contributed by atoms with Gasteiger partial charge in [-0.05, 0) is 48.7 Å². The molecule has 1 aromatic heterocycles. The number of aryl methyl sites for hydroxylation is 1. The summed E-state index contributed by atoms with van der Waals surface area (Å²) in [6, 6.07) is 9.13. The van der Waals surface area contributed by atoms with Gasteiger partial charge < -0.3 is 16.4 Å². The number of amides is 2. The topological polar surface area (TPSA) is 80.0 Å². The fraction of sp³-hybridized carbons (Fsp3) is 0.250. The Bertz CT molecular complexity index is 625. The molecule has 0 fully saturated rings. The number of rotatable bonds is 4. The van der Waals surface area contributed by atoms with Gasteiger partial charge in [0.2, 0.25) is 0 Å². The van der Waals surface area contributed by atoms with E-state index < -0.39 is 0 Å². The molecule has 4 N–H and O–H groups in total. The molecular formula is C16H20N4O. The molecule has 1 unspecified atom stereocenters. The molecule has 0 bridgehead atoms. The quantitative estimate of drug-likeness (QED) is 0.807. The van der Waals surface area contributed by atoms with Crippen LogP contribution in [-0.4, -0.2) is 11.0 Å². The molecule has 1 heterocycles. The summed E-state index contributed by atoms with van der Waals surface area (Å²) < 4.78 is 0. The number of nitrogens with two attached hydrogens (primary N) is 1. The fourth-order valence-electron chi connectivity index (χ4n) is 1.93. The summed E-state index contributed by atoms with van der Waals surface area (Å²) in [5, 5.41) is 5.62. The summed E-state index contributed by atoms with van der Waals surface area (Å²) in [6.45, 7) is 4.34. The van der Waals surface area contributed by atoms with Crippen LogP contribution in [0, 0.1) is 6.92 Å². The molecule has 2 aromatic rings. The lowest BCUT2D eigenvalue weighted by Gasteiger charge is -2.11. The maximum atomic E-state index is 11.9. The van der Waals surface area contributed by atoms with Crippen molar-refractivity contribution in [3.63, 3.8) is 0 Å². The highest BCUT2D eigenvalue weighted by Crippen LogP contribution is 2.15. The average Bonchev–Trinajstić information content (AvgIpc) is 2.46. The van der Waals surface area contributed by atoms with Crippen LogP contribution in [0.25, 0.3) is 0 Å². The molecule has 0 radical (unpaired) electrons. The molecule has 0 saturated heterocycles. The van der Waals surface area contributed by atoms with Crippen molar-refractivity contribution in [3.8, 4) is 0 Å². The third kappa shape index (κ3) is 4.29. The molecule has 0 aliphatic rings. The van der Waals surface area contributed by atoms with Crippen molar-refractivity contribution in [2.45, 2.75) is 26.4 Å². The zero-order valence-electron chi connectivity index (χ0n) is 12.3. The van der Waals surface area contributed by atoms with Crippen LogP contribution in [0.2, 0.25) is 0 Å². The van der Waals surface area contributed by atoms with E-state index in [0.717, 1.165) is 22.4 Å². The predicted octanol–water partition coefficient (Wildman–Crippen LogP) is 2.73. The Kier molecular flexibility index (Phi) is 4.90. The van der Waals surface area contributed by atoms with Crippen molar-refractivity contribution in [1.82, 2.24) is 10.3 Å². The number of carbonyl (C=O) groups excluding carboxylic acids is 1. The standard InChI is InChI=1S/C16H20N4O/c1-11-6-7-18-9-14(11)10-19-16(21)20-15-5-3-4-13(8-15)12(2)17/h3-9,12H,10,17H2,1-2H3,(H2,19,20,21). The molecule has 0 aliphatic heterocycles. The second-order valence-electron chi connectivity index (χ2n) is 5.02. The minimum atomic E-state index is -0.250. The summed E-state index contributed by atoms with van der Waals surface area (Å²) in [4.78, 5) is 16.0. The number of nitrogens with zero attached hydrogens (tertiary/aromatic N) is 1. The van der Waals surface area contributed by atoms with E-state index in [1.54, 1.807) is 12.4 Å². The van der Waals surface area contributed by atoms with Gasteiger partial charge in [0, 0.05) is 30.7 Å². The highest BCUT2D eigenvalue weighted by atomic mass is 16.2. The van der Waals surface area contributed by atoms with Crippen LogP contribution in [0.4, 0.5) is 10.5 Å². The van der Waals surface area contributed by atoms with Crippen LogP contribution < -0.4 is 16.4 Å². The van der Waals surface area contributed by atoms with E-state index in [2.05, 4.69) is 15.6 Å². The molecule has 0 saturated carbocycles. The maximum Gasteiger partial charge on any atom is 0.319 e. The molecule has 1 aromatic carbocycles. The van der Waals surface area contributed by atoms with Crippen molar-refractivity contribution < 1.29 is 4.79 Å². The lowest BCUT2D eigenvalue weighted by atomic mass is 10.1. The largest absolute Gasteiger partial charge is 0.334 e. The monoisotopic (exact) mass is 284 g/mol. The van der Waals surface area contributed by atoms with Gasteiger partial charge in [0.1, 0.15) is 0 Å². The summed E-state index contributed by atoms with van der Waals surface area (Å²) in [5.41, 5.74) is 9.64. The zero-order chi connectivity index (χ0) is 15.2. The SMILES string of the molecule is Cc1ccncc1CNC(=O)Nc1cccc(C(C)N)c1. The Labute approximate surface area is 124 Å². The second-order valence-corrected chi connectivity index (χ2v) is 5.02. The fourth-order valence-corrected chi connectivity index (χ4v) is 1.93. The first kappa shape index (κ1) is 15.0. The number of anilines is 1. The van der Waals surface area contributed by atoms with E-state index in [-0.39, 0.29) is 12.1 Å². The van der Waals surface area contributed by atoms with E-state index in [4.69, 9.17) is 5.73 Å². The first-order chi connectivity index (χ1) is 10.1. The van der Waals surface area contributed by atoms with Gasteiger partial charge in [0.25, 0.3) is 0 Å². The van der Waals surface area contributed by atoms with Crippen molar-refractivity contribution in [1.29, 1.82) is 0 Å². The Hall–Kier alpha value is -2.40. The third-order valence-electron chi connectivity index (χ3n) is 3.26. The van der Waals surface area contributed by atoms with Gasteiger partial charge in [-0.1, -0.05) is 12.1 Å². The van der Waals surface area contributed by atoms with Crippen molar-refractivity contribution in [3.05, 3.63) is 59.4 Å². The van der Waals surface area contributed by atoms with Crippen LogP contribution >= 0.6 is 0 Å². The predicted molar refractivity (Wildman–Crippen MR) is 83.9 cm³/mol. The summed E-state index contributed by atoms with van der Waals surface area (Å²) in [7, 11) is 0. The first-order valence-corrected chi connectivity index (χ1v) is 6.86. The highest BCUT2D eigenvalue weighted by molar-refractivity contribution is 5.89. The summed E-state index contributed by atoms with van der Waals surface area (Å²) in [6.07, 6.45) is 3.49. The van der Waals surface area contributed by atoms with Gasteiger partial charge in [0.15, 0.2) is 0 Å². The molecule has 2 rings (SSSR count). The van der Waals surface area contributed by atoms with Gasteiger partial charge in [-0.15, -0.1) is 0 Å². The molecule has 5 nitrogen and oxygen atoms in total. The van der Waals surface area contributed by atoms with Crippen molar-refractivity contribution >= 4 is 11.7 Å². The minimum Gasteiger partial charge on any atom is -0.334 e. The Morgan fingerprint density at radius 1 is 1.38 bits per heavy atom. The Morgan fingerprint density at radius 2 is 2.19 bits per heavy atom. The van der Waals surface area contributed by atoms with Gasteiger partial charge in [-0.25, -0.2) is 4.79 Å². The number of nitrogens with one attached hydrogen (secondary N) is 2. The normalized spacial score (nSPS) is 11.8. The van der Waals surface area contributed by atoms with E-state index in [1.807, 2.05) is 44.2 Å². The van der Waals surface area contributed by atoms with E-state index >= 15 is 0 Å². The van der Waals surface area contributed by atoms with Crippen molar-refractivity contribution in [2.75, 3.05) is 5.32 Å². The van der Waals surface area contributed by atoms with Crippen LogP contribution in [0.5, 0.6) is 0 Å². The molecule has 5 heteroatoms. The minimum absolute atomic E-state index is 0.0622. The number of hydrogen-bond acceptors (Lipinski definition) is 3. The Morgan fingerprint density at radius 3 is 2.90 bits per heavy atom. The number of hydrogen-bond donors (Lipinski definition) is 3. The molecule has 0 spiro atoms. The average molecular weight is 284 g/mol. The number of aromatic nitrogens is 1. The number of carbonyl (C=O) groups is 1. The molecule has 1 atom stereocenters. The van der Waals surface area contributed by atoms with E-state index in [0.29, 0.717) is 6.54 Å². The number of urea groups is 1. The van der Waals surface area contributed by atoms with Crippen LogP contribution in [0.1, 0.15) is 29.7 Å². The van der Waals surface area contributed by atoms with Gasteiger partial charge in [-0.3, -0.25) is 4.98 Å². The summed E-state index contributed by atoms with van der Waals surface area (Å²) >= 11 is 0. The van der Waals surface area contributed by atoms with Gasteiger partial charge in [0.05, 0.1) is 0 Å². The Balaban J connectivity index is 1.93. The van der Waals surface area contributed by atoms with Crippen LogP contribution in [0.3, 0.4) is 0 Å². The molecule has 2 amide bonds. The molecule has 0 aliphatic carbocycles. The second kappa shape index (κ2) is 6.85.